The van der Waals surface area contributed by atoms with E-state index in [0.29, 0.717) is 5.69 Å². The summed E-state index contributed by atoms with van der Waals surface area (Å²) >= 11 is 5.08. The fraction of sp³-hybridized carbons (Fsp3) is 0.200. The number of aromatic amines is 1. The number of carbonyl (C=O) groups is 1. The van der Waals surface area contributed by atoms with Gasteiger partial charge in [0.1, 0.15) is 0 Å². The largest absolute Gasteiger partial charge is 0.351 e. The average molecular weight is 145 g/mol. The van der Waals surface area contributed by atoms with E-state index in [2.05, 4.69) is 9.97 Å². The molecule has 0 aromatic carbocycles. The van der Waals surface area contributed by atoms with Gasteiger partial charge in [-0.3, -0.25) is 4.79 Å². The number of aromatic nitrogens is 2. The van der Waals surface area contributed by atoms with E-state index in [9.17, 15) is 4.79 Å². The number of carbonyl (C=O) groups excluding carboxylic acids is 1. The number of imidazole rings is 1. The summed E-state index contributed by atoms with van der Waals surface area (Å²) in [5.41, 5.74) is 0.676. The third-order valence-corrected chi connectivity index (χ3v) is 1.01. The van der Waals surface area contributed by atoms with Crippen LogP contribution in [0.2, 0.25) is 0 Å². The number of rotatable bonds is 2. The van der Waals surface area contributed by atoms with Gasteiger partial charge < -0.3 is 4.98 Å². The molecule has 0 spiro atoms. The summed E-state index contributed by atoms with van der Waals surface area (Å²) in [5.74, 6) is 0. The first-order valence-corrected chi connectivity index (χ1v) is 2.83. The Morgan fingerprint density at radius 2 is 2.67 bits per heavy atom. The molecule has 1 heterocycles. The summed E-state index contributed by atoms with van der Waals surface area (Å²) in [6.07, 6.45) is 3.35. The van der Waals surface area contributed by atoms with Gasteiger partial charge in [-0.05, 0) is 11.6 Å². The highest BCUT2D eigenvalue weighted by atomic mass is 35.5. The highest BCUT2D eigenvalue weighted by molar-refractivity contribution is 6.63. The lowest BCUT2D eigenvalue weighted by Crippen LogP contribution is -1.92. The van der Waals surface area contributed by atoms with Crippen LogP contribution < -0.4 is 0 Å². The van der Waals surface area contributed by atoms with E-state index in [4.69, 9.17) is 11.6 Å². The zero-order valence-electron chi connectivity index (χ0n) is 4.60. The Morgan fingerprint density at radius 1 is 1.89 bits per heavy atom. The molecule has 0 fully saturated rings. The van der Waals surface area contributed by atoms with E-state index >= 15 is 0 Å². The van der Waals surface area contributed by atoms with Crippen LogP contribution in [0, 0.1) is 0 Å². The minimum atomic E-state index is -0.387. The lowest BCUT2D eigenvalue weighted by atomic mass is 10.4. The van der Waals surface area contributed by atoms with Gasteiger partial charge in [-0.15, -0.1) is 0 Å². The second-order valence-electron chi connectivity index (χ2n) is 1.59. The van der Waals surface area contributed by atoms with Crippen LogP contribution in [0.15, 0.2) is 12.5 Å². The standard InChI is InChI=1S/C5H5ClN2O/c6-5(9)1-4-2-7-3-8-4/h2-3H,1H2,(H,7,8). The molecule has 1 aromatic heterocycles. The SMILES string of the molecule is O=C(Cl)Cc1c[nH]cn1. The summed E-state index contributed by atoms with van der Waals surface area (Å²) in [5, 5.41) is -0.387. The molecule has 1 rings (SSSR count). The van der Waals surface area contributed by atoms with Gasteiger partial charge in [0, 0.05) is 6.20 Å². The molecule has 1 N–H and O–H groups in total. The van der Waals surface area contributed by atoms with E-state index in [1.807, 2.05) is 0 Å². The Bertz CT molecular complexity index is 195. The maximum atomic E-state index is 10.2. The van der Waals surface area contributed by atoms with Crippen LogP contribution in [0.1, 0.15) is 5.69 Å². The maximum absolute atomic E-state index is 10.2. The van der Waals surface area contributed by atoms with Gasteiger partial charge >= 0.3 is 0 Å². The van der Waals surface area contributed by atoms with E-state index in [1.165, 1.54) is 6.33 Å². The van der Waals surface area contributed by atoms with E-state index < -0.39 is 0 Å². The van der Waals surface area contributed by atoms with Gasteiger partial charge in [0.05, 0.1) is 18.4 Å². The van der Waals surface area contributed by atoms with Crippen molar-refractivity contribution in [1.29, 1.82) is 0 Å². The molecule has 0 amide bonds. The first-order chi connectivity index (χ1) is 4.29. The molecule has 0 radical (unpaired) electrons. The summed E-state index contributed by atoms with van der Waals surface area (Å²) in [7, 11) is 0. The lowest BCUT2D eigenvalue weighted by molar-refractivity contribution is -0.111. The van der Waals surface area contributed by atoms with Crippen molar-refractivity contribution < 1.29 is 4.79 Å². The molecule has 0 saturated carbocycles. The highest BCUT2D eigenvalue weighted by Crippen LogP contribution is 1.94. The second kappa shape index (κ2) is 2.64. The van der Waals surface area contributed by atoms with Gasteiger partial charge in [0.25, 0.3) is 0 Å². The number of nitrogens with zero attached hydrogens (tertiary/aromatic N) is 1. The van der Waals surface area contributed by atoms with E-state index in [0.717, 1.165) is 0 Å². The molecule has 0 aliphatic rings. The molecule has 0 saturated heterocycles. The van der Waals surface area contributed by atoms with Crippen molar-refractivity contribution in [2.75, 3.05) is 0 Å². The molecule has 48 valence electrons. The number of halogens is 1. The molecule has 9 heavy (non-hydrogen) atoms. The summed E-state index contributed by atoms with van der Waals surface area (Å²) < 4.78 is 0. The van der Waals surface area contributed by atoms with Gasteiger partial charge in [0.15, 0.2) is 0 Å². The molecule has 0 aliphatic carbocycles. The first-order valence-electron chi connectivity index (χ1n) is 2.45. The van der Waals surface area contributed by atoms with Gasteiger partial charge in [-0.25, -0.2) is 4.98 Å². The fourth-order valence-electron chi connectivity index (χ4n) is 0.530. The van der Waals surface area contributed by atoms with Crippen LogP contribution in [0.25, 0.3) is 0 Å². The van der Waals surface area contributed by atoms with Crippen molar-refractivity contribution in [2.24, 2.45) is 0 Å². The Balaban J connectivity index is 2.58. The van der Waals surface area contributed by atoms with Gasteiger partial charge in [-0.2, -0.15) is 0 Å². The Morgan fingerprint density at radius 3 is 3.11 bits per heavy atom. The number of nitrogens with one attached hydrogen (secondary N) is 1. The van der Waals surface area contributed by atoms with Crippen molar-refractivity contribution in [2.45, 2.75) is 6.42 Å². The topological polar surface area (TPSA) is 45.8 Å². The monoisotopic (exact) mass is 144 g/mol. The summed E-state index contributed by atoms with van der Waals surface area (Å²) in [6, 6.07) is 0. The zero-order chi connectivity index (χ0) is 6.69. The zero-order valence-corrected chi connectivity index (χ0v) is 5.35. The minimum Gasteiger partial charge on any atom is -0.351 e. The van der Waals surface area contributed by atoms with Crippen molar-refractivity contribution in [3.8, 4) is 0 Å². The molecule has 0 unspecified atom stereocenters. The third kappa shape index (κ3) is 1.85. The van der Waals surface area contributed by atoms with E-state index in [1.54, 1.807) is 6.20 Å². The molecule has 4 heteroatoms. The van der Waals surface area contributed by atoms with Crippen molar-refractivity contribution in [1.82, 2.24) is 9.97 Å². The Hall–Kier alpha value is -0.830. The molecular weight excluding hydrogens is 140 g/mol. The smallest absolute Gasteiger partial charge is 0.227 e. The van der Waals surface area contributed by atoms with Crippen LogP contribution >= 0.6 is 11.6 Å². The fourth-order valence-corrected chi connectivity index (χ4v) is 0.667. The molecule has 0 atom stereocenters. The van der Waals surface area contributed by atoms with Crippen molar-refractivity contribution >= 4 is 16.8 Å². The molecule has 0 bridgehead atoms. The van der Waals surface area contributed by atoms with Crippen LogP contribution in [-0.4, -0.2) is 15.2 Å². The maximum Gasteiger partial charge on any atom is 0.227 e. The van der Waals surface area contributed by atoms with Crippen molar-refractivity contribution in [3.05, 3.63) is 18.2 Å². The minimum absolute atomic E-state index is 0.199. The summed E-state index contributed by atoms with van der Waals surface area (Å²) in [4.78, 5) is 16.7. The second-order valence-corrected chi connectivity index (χ2v) is 2.01. The quantitative estimate of drug-likeness (QED) is 0.622. The van der Waals surface area contributed by atoms with E-state index in [-0.39, 0.29) is 11.7 Å². The normalized spacial score (nSPS) is 9.44. The van der Waals surface area contributed by atoms with Crippen LogP contribution in [0.3, 0.4) is 0 Å². The highest BCUT2D eigenvalue weighted by Gasteiger charge is 1.98. The molecule has 3 nitrogen and oxygen atoms in total. The third-order valence-electron chi connectivity index (χ3n) is 0.875. The Labute approximate surface area is 57.1 Å². The molecule has 1 aromatic rings. The average Bonchev–Trinajstić information content (AvgIpc) is 2.15. The lowest BCUT2D eigenvalue weighted by Gasteiger charge is -1.82. The van der Waals surface area contributed by atoms with Gasteiger partial charge in [0.2, 0.25) is 5.24 Å². The predicted octanol–water partition coefficient (Wildman–Crippen LogP) is 0.718. The van der Waals surface area contributed by atoms with Crippen LogP contribution in [-0.2, 0) is 11.2 Å². The Kier molecular flexibility index (Phi) is 1.85. The van der Waals surface area contributed by atoms with Gasteiger partial charge in [-0.1, -0.05) is 0 Å². The van der Waals surface area contributed by atoms with Crippen LogP contribution in [0.4, 0.5) is 0 Å². The van der Waals surface area contributed by atoms with Crippen LogP contribution in [0.5, 0.6) is 0 Å². The number of H-pyrrole nitrogens is 1. The summed E-state index contributed by atoms with van der Waals surface area (Å²) in [6.45, 7) is 0. The first kappa shape index (κ1) is 6.29. The number of hydrogen-bond acceptors (Lipinski definition) is 2. The predicted molar refractivity (Wildman–Crippen MR) is 33.2 cm³/mol. The molecule has 0 aliphatic heterocycles. The number of hydrogen-bond donors (Lipinski definition) is 1. The molecular formula is C5H5ClN2O. The van der Waals surface area contributed by atoms with Crippen molar-refractivity contribution in [3.63, 3.8) is 0 Å².